The second kappa shape index (κ2) is 7.15. The van der Waals surface area contributed by atoms with Crippen molar-refractivity contribution >= 4 is 33.4 Å². The van der Waals surface area contributed by atoms with Gasteiger partial charge in [0.15, 0.2) is 0 Å². The van der Waals surface area contributed by atoms with Crippen LogP contribution in [-0.2, 0) is 14.8 Å². The molecule has 0 aliphatic carbocycles. The van der Waals surface area contributed by atoms with Crippen LogP contribution in [0.15, 0.2) is 52.3 Å². The molecule has 0 spiro atoms. The standard InChI is InChI=1S/C17H17FN2O3S2/c1-11(21)19-13-3-5-14(6-4-13)25(22,23)20-16-8-9-24-17-7-2-12(18)10-15(16)17/h2-7,10,16,20H,8-9H2,1H3,(H,19,21). The summed E-state index contributed by atoms with van der Waals surface area (Å²) in [5.41, 5.74) is 1.18. The Morgan fingerprint density at radius 2 is 1.92 bits per heavy atom. The van der Waals surface area contributed by atoms with Crippen molar-refractivity contribution < 1.29 is 17.6 Å². The third-order valence-corrected chi connectivity index (χ3v) is 6.40. The molecule has 0 saturated heterocycles. The van der Waals surface area contributed by atoms with E-state index in [4.69, 9.17) is 0 Å². The normalized spacial score (nSPS) is 17.0. The van der Waals surface area contributed by atoms with Gasteiger partial charge in [-0.1, -0.05) is 0 Å². The Bertz CT molecular complexity index is 899. The molecule has 1 atom stereocenters. The van der Waals surface area contributed by atoms with Gasteiger partial charge in [0.05, 0.1) is 4.90 Å². The average molecular weight is 380 g/mol. The Labute approximate surface area is 150 Å². The summed E-state index contributed by atoms with van der Waals surface area (Å²) >= 11 is 1.59. The molecule has 0 fully saturated rings. The lowest BCUT2D eigenvalue weighted by Gasteiger charge is -2.25. The van der Waals surface area contributed by atoms with Crippen molar-refractivity contribution in [3.05, 3.63) is 53.8 Å². The van der Waals surface area contributed by atoms with Gasteiger partial charge in [-0.25, -0.2) is 17.5 Å². The van der Waals surface area contributed by atoms with E-state index in [1.807, 2.05) is 0 Å². The van der Waals surface area contributed by atoms with Crippen molar-refractivity contribution in [1.82, 2.24) is 4.72 Å². The summed E-state index contributed by atoms with van der Waals surface area (Å²) in [6.45, 7) is 1.38. The number of rotatable bonds is 4. The number of benzene rings is 2. The van der Waals surface area contributed by atoms with Crippen LogP contribution in [-0.4, -0.2) is 20.1 Å². The first kappa shape index (κ1) is 17.9. The van der Waals surface area contributed by atoms with Crippen molar-refractivity contribution in [3.8, 4) is 0 Å². The number of hydrogen-bond donors (Lipinski definition) is 2. The minimum Gasteiger partial charge on any atom is -0.326 e. The number of amides is 1. The summed E-state index contributed by atoms with van der Waals surface area (Å²) in [5, 5.41) is 2.59. The highest BCUT2D eigenvalue weighted by atomic mass is 32.2. The first-order valence-corrected chi connectivity index (χ1v) is 10.1. The molecule has 132 valence electrons. The number of thioether (sulfide) groups is 1. The van der Waals surface area contributed by atoms with Crippen LogP contribution in [0, 0.1) is 5.82 Å². The van der Waals surface area contributed by atoms with Crippen LogP contribution >= 0.6 is 11.8 Å². The SMILES string of the molecule is CC(=O)Nc1ccc(S(=O)(=O)NC2CCSc3ccc(F)cc32)cc1. The smallest absolute Gasteiger partial charge is 0.241 e. The van der Waals surface area contributed by atoms with Crippen LogP contribution < -0.4 is 10.0 Å². The highest BCUT2D eigenvalue weighted by Gasteiger charge is 2.26. The van der Waals surface area contributed by atoms with E-state index >= 15 is 0 Å². The summed E-state index contributed by atoms with van der Waals surface area (Å²) < 4.78 is 41.5. The number of carbonyl (C=O) groups is 1. The van der Waals surface area contributed by atoms with E-state index in [1.54, 1.807) is 17.8 Å². The molecule has 8 heteroatoms. The second-order valence-electron chi connectivity index (χ2n) is 5.70. The lowest BCUT2D eigenvalue weighted by Crippen LogP contribution is -2.30. The molecule has 1 unspecified atom stereocenters. The molecule has 2 aromatic carbocycles. The third-order valence-electron chi connectivity index (χ3n) is 3.79. The number of fused-ring (bicyclic) bond motifs is 1. The average Bonchev–Trinajstić information content (AvgIpc) is 2.55. The van der Waals surface area contributed by atoms with Crippen LogP contribution in [0.1, 0.15) is 24.9 Å². The molecule has 1 aliphatic heterocycles. The van der Waals surface area contributed by atoms with E-state index in [1.165, 1.54) is 43.3 Å². The van der Waals surface area contributed by atoms with Crippen molar-refractivity contribution in [2.45, 2.75) is 29.2 Å². The maximum absolute atomic E-state index is 13.6. The number of nitrogens with one attached hydrogen (secondary N) is 2. The van der Waals surface area contributed by atoms with E-state index in [2.05, 4.69) is 10.0 Å². The summed E-state index contributed by atoms with van der Waals surface area (Å²) in [6, 6.07) is 9.89. The summed E-state index contributed by atoms with van der Waals surface area (Å²) in [7, 11) is -3.76. The van der Waals surface area contributed by atoms with E-state index < -0.39 is 16.1 Å². The van der Waals surface area contributed by atoms with Gasteiger partial charge < -0.3 is 5.32 Å². The lowest BCUT2D eigenvalue weighted by atomic mass is 10.0. The van der Waals surface area contributed by atoms with Crippen molar-refractivity contribution in [2.24, 2.45) is 0 Å². The van der Waals surface area contributed by atoms with Crippen LogP contribution in [0.4, 0.5) is 10.1 Å². The molecule has 2 aromatic rings. The van der Waals surface area contributed by atoms with E-state index in [0.29, 0.717) is 17.7 Å². The Morgan fingerprint density at radius 3 is 2.60 bits per heavy atom. The van der Waals surface area contributed by atoms with Crippen molar-refractivity contribution in [2.75, 3.05) is 11.1 Å². The minimum atomic E-state index is -3.76. The number of carbonyl (C=O) groups excluding carboxylic acids is 1. The first-order chi connectivity index (χ1) is 11.8. The van der Waals surface area contributed by atoms with Gasteiger partial charge in [0.1, 0.15) is 5.82 Å². The highest BCUT2D eigenvalue weighted by Crippen LogP contribution is 2.37. The molecule has 0 saturated carbocycles. The maximum atomic E-state index is 13.6. The van der Waals surface area contributed by atoms with Gasteiger partial charge in [0.2, 0.25) is 15.9 Å². The molecule has 3 rings (SSSR count). The van der Waals surface area contributed by atoms with E-state index in [9.17, 15) is 17.6 Å². The second-order valence-corrected chi connectivity index (χ2v) is 8.55. The van der Waals surface area contributed by atoms with Gasteiger partial charge in [-0.3, -0.25) is 4.79 Å². The van der Waals surface area contributed by atoms with Gasteiger partial charge in [-0.05, 0) is 60.2 Å². The lowest BCUT2D eigenvalue weighted by molar-refractivity contribution is -0.114. The fourth-order valence-corrected chi connectivity index (χ4v) is 5.02. The predicted molar refractivity (Wildman–Crippen MR) is 95.5 cm³/mol. The monoisotopic (exact) mass is 380 g/mol. The Hall–Kier alpha value is -1.90. The van der Waals surface area contributed by atoms with Crippen LogP contribution in [0.3, 0.4) is 0 Å². The molecule has 1 aliphatic rings. The molecular weight excluding hydrogens is 363 g/mol. The molecule has 1 amide bonds. The highest BCUT2D eigenvalue weighted by molar-refractivity contribution is 7.99. The van der Waals surface area contributed by atoms with Gasteiger partial charge in [-0.15, -0.1) is 11.8 Å². The zero-order valence-corrected chi connectivity index (χ0v) is 15.1. The van der Waals surface area contributed by atoms with Gasteiger partial charge in [0.25, 0.3) is 0 Å². The minimum absolute atomic E-state index is 0.0952. The summed E-state index contributed by atoms with van der Waals surface area (Å²) in [6.07, 6.45) is 0.588. The number of sulfonamides is 1. The molecule has 25 heavy (non-hydrogen) atoms. The molecule has 0 bridgehead atoms. The number of anilines is 1. The van der Waals surface area contributed by atoms with Gasteiger partial charge >= 0.3 is 0 Å². The zero-order valence-electron chi connectivity index (χ0n) is 13.5. The van der Waals surface area contributed by atoms with Gasteiger partial charge in [0, 0.05) is 23.5 Å². The van der Waals surface area contributed by atoms with Crippen LogP contribution in [0.5, 0.6) is 0 Å². The van der Waals surface area contributed by atoms with Crippen LogP contribution in [0.2, 0.25) is 0 Å². The van der Waals surface area contributed by atoms with E-state index in [0.717, 1.165) is 10.6 Å². The number of hydrogen-bond acceptors (Lipinski definition) is 4. The van der Waals surface area contributed by atoms with Crippen molar-refractivity contribution in [1.29, 1.82) is 0 Å². The predicted octanol–water partition coefficient (Wildman–Crippen LogP) is 3.30. The summed E-state index contributed by atoms with van der Waals surface area (Å²) in [5.74, 6) is 0.144. The third kappa shape index (κ3) is 4.20. The summed E-state index contributed by atoms with van der Waals surface area (Å²) in [4.78, 5) is 12.0. The zero-order chi connectivity index (χ0) is 18.0. The maximum Gasteiger partial charge on any atom is 0.241 e. The van der Waals surface area contributed by atoms with Crippen LogP contribution in [0.25, 0.3) is 0 Å². The Balaban J connectivity index is 1.83. The van der Waals surface area contributed by atoms with Crippen molar-refractivity contribution in [3.63, 3.8) is 0 Å². The molecule has 5 nitrogen and oxygen atoms in total. The molecule has 0 aromatic heterocycles. The topological polar surface area (TPSA) is 75.3 Å². The number of halogens is 1. The Kier molecular flexibility index (Phi) is 5.12. The molecular formula is C17H17FN2O3S2. The van der Waals surface area contributed by atoms with Gasteiger partial charge in [-0.2, -0.15) is 0 Å². The molecule has 2 N–H and O–H groups in total. The fraction of sp³-hybridized carbons (Fsp3) is 0.235. The molecule has 0 radical (unpaired) electrons. The quantitative estimate of drug-likeness (QED) is 0.853. The molecule has 1 heterocycles. The van der Waals surface area contributed by atoms with E-state index in [-0.39, 0.29) is 16.6 Å². The Morgan fingerprint density at radius 1 is 1.20 bits per heavy atom. The largest absolute Gasteiger partial charge is 0.326 e. The first-order valence-electron chi connectivity index (χ1n) is 7.67. The fourth-order valence-electron chi connectivity index (χ4n) is 2.66.